The lowest BCUT2D eigenvalue weighted by molar-refractivity contribution is -0.122. The number of nitrogens with one attached hydrogen (secondary N) is 1. The Morgan fingerprint density at radius 3 is 2.64 bits per heavy atom. The van der Waals surface area contributed by atoms with E-state index >= 15 is 0 Å². The van der Waals surface area contributed by atoms with Crippen molar-refractivity contribution in [1.82, 2.24) is 15.5 Å². The molecular formula is C23H27N3O2. The van der Waals surface area contributed by atoms with Crippen molar-refractivity contribution in [1.29, 1.82) is 0 Å². The molecule has 1 amide bonds. The first-order valence-corrected chi connectivity index (χ1v) is 9.80. The molecule has 1 aromatic heterocycles. The standard InChI is InChI=1S/C23H27N3O2/c1-4-17(3)21(24-20(27)14-13-18-10-6-5-7-11-18)23-25-22(26-28-23)19-12-8-9-16(2)15-19/h5-12,15,17,21H,4,13-14H2,1-3H3,(H,24,27)/t17-,21+/m1/s1. The first-order valence-electron chi connectivity index (χ1n) is 9.80. The van der Waals surface area contributed by atoms with Crippen molar-refractivity contribution in [2.75, 3.05) is 0 Å². The van der Waals surface area contributed by atoms with Gasteiger partial charge in [0.25, 0.3) is 0 Å². The number of hydrogen-bond donors (Lipinski definition) is 1. The number of rotatable bonds is 8. The molecule has 0 saturated heterocycles. The second-order valence-electron chi connectivity index (χ2n) is 7.24. The van der Waals surface area contributed by atoms with E-state index in [0.717, 1.165) is 23.1 Å². The van der Waals surface area contributed by atoms with Crippen LogP contribution in [0.3, 0.4) is 0 Å². The largest absolute Gasteiger partial charge is 0.344 e. The molecule has 3 aromatic rings. The van der Waals surface area contributed by atoms with Gasteiger partial charge < -0.3 is 9.84 Å². The molecule has 0 fully saturated rings. The van der Waals surface area contributed by atoms with Gasteiger partial charge in [0, 0.05) is 12.0 Å². The van der Waals surface area contributed by atoms with Crippen LogP contribution in [-0.2, 0) is 11.2 Å². The van der Waals surface area contributed by atoms with Gasteiger partial charge in [-0.15, -0.1) is 0 Å². The summed E-state index contributed by atoms with van der Waals surface area (Å²) in [6, 6.07) is 17.7. The molecule has 2 aromatic carbocycles. The van der Waals surface area contributed by atoms with E-state index in [1.165, 1.54) is 0 Å². The fraction of sp³-hybridized carbons (Fsp3) is 0.348. The zero-order chi connectivity index (χ0) is 19.9. The third-order valence-corrected chi connectivity index (χ3v) is 5.00. The van der Waals surface area contributed by atoms with Gasteiger partial charge in [-0.3, -0.25) is 4.79 Å². The van der Waals surface area contributed by atoms with Crippen molar-refractivity contribution in [2.24, 2.45) is 5.92 Å². The number of aromatic nitrogens is 2. The van der Waals surface area contributed by atoms with Crippen molar-refractivity contribution < 1.29 is 9.32 Å². The second-order valence-corrected chi connectivity index (χ2v) is 7.24. The SMILES string of the molecule is CC[C@@H](C)[C@H](NC(=O)CCc1ccccc1)c1nc(-c2cccc(C)c2)no1. The van der Waals surface area contributed by atoms with E-state index in [1.807, 2.05) is 61.5 Å². The molecule has 5 nitrogen and oxygen atoms in total. The Hall–Kier alpha value is -2.95. The van der Waals surface area contributed by atoms with E-state index in [2.05, 4.69) is 29.3 Å². The first kappa shape index (κ1) is 19.8. The van der Waals surface area contributed by atoms with Crippen LogP contribution in [-0.4, -0.2) is 16.0 Å². The number of hydrogen-bond acceptors (Lipinski definition) is 4. The predicted octanol–water partition coefficient (Wildman–Crippen LogP) is 4.88. The molecular weight excluding hydrogens is 350 g/mol. The number of amides is 1. The molecule has 0 bridgehead atoms. The number of aryl methyl sites for hydroxylation is 2. The minimum absolute atomic E-state index is 0.00976. The zero-order valence-corrected chi connectivity index (χ0v) is 16.7. The summed E-state index contributed by atoms with van der Waals surface area (Å²) in [5.74, 6) is 1.18. The highest BCUT2D eigenvalue weighted by Crippen LogP contribution is 2.26. The van der Waals surface area contributed by atoms with Crippen LogP contribution in [0.15, 0.2) is 59.1 Å². The lowest BCUT2D eigenvalue weighted by Gasteiger charge is -2.20. The summed E-state index contributed by atoms with van der Waals surface area (Å²) in [6.07, 6.45) is 2.03. The lowest BCUT2D eigenvalue weighted by atomic mass is 9.98. The number of carbonyl (C=O) groups is 1. The molecule has 5 heteroatoms. The maximum Gasteiger partial charge on any atom is 0.249 e. The Balaban J connectivity index is 1.71. The Morgan fingerprint density at radius 1 is 1.14 bits per heavy atom. The number of nitrogens with zero attached hydrogens (tertiary/aromatic N) is 2. The smallest absolute Gasteiger partial charge is 0.249 e. The van der Waals surface area contributed by atoms with Crippen LogP contribution in [0.5, 0.6) is 0 Å². The molecule has 2 atom stereocenters. The maximum absolute atomic E-state index is 12.5. The van der Waals surface area contributed by atoms with E-state index < -0.39 is 0 Å². The molecule has 0 saturated carbocycles. The highest BCUT2D eigenvalue weighted by molar-refractivity contribution is 5.76. The van der Waals surface area contributed by atoms with E-state index in [4.69, 9.17) is 4.52 Å². The molecule has 1 heterocycles. The van der Waals surface area contributed by atoms with E-state index in [0.29, 0.717) is 24.6 Å². The van der Waals surface area contributed by atoms with Crippen LogP contribution in [0.4, 0.5) is 0 Å². The van der Waals surface area contributed by atoms with Gasteiger partial charge >= 0.3 is 0 Å². The average molecular weight is 377 g/mol. The van der Waals surface area contributed by atoms with Crippen LogP contribution >= 0.6 is 0 Å². The van der Waals surface area contributed by atoms with E-state index in [1.54, 1.807) is 0 Å². The van der Waals surface area contributed by atoms with Crippen molar-refractivity contribution >= 4 is 5.91 Å². The van der Waals surface area contributed by atoms with Crippen LogP contribution in [0.1, 0.15) is 49.7 Å². The first-order chi connectivity index (χ1) is 13.6. The lowest BCUT2D eigenvalue weighted by Crippen LogP contribution is -2.32. The van der Waals surface area contributed by atoms with Crippen molar-refractivity contribution in [3.63, 3.8) is 0 Å². The normalized spacial score (nSPS) is 13.1. The van der Waals surface area contributed by atoms with Gasteiger partial charge in [0.2, 0.25) is 17.6 Å². The monoisotopic (exact) mass is 377 g/mol. The average Bonchev–Trinajstić information content (AvgIpc) is 3.20. The Kier molecular flexibility index (Phi) is 6.58. The van der Waals surface area contributed by atoms with Crippen molar-refractivity contribution in [2.45, 2.75) is 46.1 Å². The Morgan fingerprint density at radius 2 is 1.93 bits per heavy atom. The van der Waals surface area contributed by atoms with Crippen LogP contribution in [0, 0.1) is 12.8 Å². The van der Waals surface area contributed by atoms with Gasteiger partial charge in [0.1, 0.15) is 6.04 Å². The van der Waals surface area contributed by atoms with Gasteiger partial charge in [0.15, 0.2) is 0 Å². The minimum atomic E-state index is -0.292. The molecule has 1 N–H and O–H groups in total. The summed E-state index contributed by atoms with van der Waals surface area (Å²) < 4.78 is 5.53. The zero-order valence-electron chi connectivity index (χ0n) is 16.7. The van der Waals surface area contributed by atoms with Crippen LogP contribution in [0.2, 0.25) is 0 Å². The van der Waals surface area contributed by atoms with Gasteiger partial charge in [0.05, 0.1) is 0 Å². The van der Waals surface area contributed by atoms with Crippen LogP contribution < -0.4 is 5.32 Å². The van der Waals surface area contributed by atoms with Crippen molar-refractivity contribution in [3.8, 4) is 11.4 Å². The fourth-order valence-corrected chi connectivity index (χ4v) is 3.09. The predicted molar refractivity (Wildman–Crippen MR) is 110 cm³/mol. The third kappa shape index (κ3) is 5.06. The number of carbonyl (C=O) groups excluding carboxylic acids is 1. The molecule has 3 rings (SSSR count). The van der Waals surface area contributed by atoms with Gasteiger partial charge in [-0.25, -0.2) is 0 Å². The second kappa shape index (κ2) is 9.31. The molecule has 0 aliphatic rings. The van der Waals surface area contributed by atoms with Crippen LogP contribution in [0.25, 0.3) is 11.4 Å². The highest BCUT2D eigenvalue weighted by Gasteiger charge is 2.26. The molecule has 28 heavy (non-hydrogen) atoms. The molecule has 146 valence electrons. The summed E-state index contributed by atoms with van der Waals surface area (Å²) in [4.78, 5) is 17.1. The quantitative estimate of drug-likeness (QED) is 0.607. The third-order valence-electron chi connectivity index (χ3n) is 5.00. The van der Waals surface area contributed by atoms with E-state index in [9.17, 15) is 4.79 Å². The summed E-state index contributed by atoms with van der Waals surface area (Å²) >= 11 is 0. The molecule has 0 spiro atoms. The molecule has 0 unspecified atom stereocenters. The Labute approximate surface area is 166 Å². The molecule has 0 aliphatic heterocycles. The highest BCUT2D eigenvalue weighted by atomic mass is 16.5. The topological polar surface area (TPSA) is 68.0 Å². The van der Waals surface area contributed by atoms with Gasteiger partial charge in [-0.1, -0.05) is 79.5 Å². The molecule has 0 radical (unpaired) electrons. The maximum atomic E-state index is 12.5. The van der Waals surface area contributed by atoms with Gasteiger partial charge in [-0.05, 0) is 30.9 Å². The van der Waals surface area contributed by atoms with E-state index in [-0.39, 0.29) is 17.9 Å². The summed E-state index contributed by atoms with van der Waals surface area (Å²) in [6.45, 7) is 6.20. The minimum Gasteiger partial charge on any atom is -0.344 e. The molecule has 0 aliphatic carbocycles. The fourth-order valence-electron chi connectivity index (χ4n) is 3.09. The Bertz CT molecular complexity index is 905. The summed E-state index contributed by atoms with van der Waals surface area (Å²) in [5.41, 5.74) is 3.20. The van der Waals surface area contributed by atoms with Crippen molar-refractivity contribution in [3.05, 3.63) is 71.6 Å². The summed E-state index contributed by atoms with van der Waals surface area (Å²) in [7, 11) is 0. The number of benzene rings is 2. The summed E-state index contributed by atoms with van der Waals surface area (Å²) in [5, 5.41) is 7.22. The van der Waals surface area contributed by atoms with Gasteiger partial charge in [-0.2, -0.15) is 4.98 Å².